The highest BCUT2D eigenvalue weighted by Crippen LogP contribution is 2.29. The van der Waals surface area contributed by atoms with Crippen LogP contribution in [0.3, 0.4) is 0 Å². The van der Waals surface area contributed by atoms with Gasteiger partial charge in [0.05, 0.1) is 30.5 Å². The number of nitrogen functional groups attached to an aromatic ring is 1. The molecule has 0 amide bonds. The summed E-state index contributed by atoms with van der Waals surface area (Å²) >= 11 is 0. The number of nitrogens with two attached hydrogens (primary N) is 1. The molecule has 32 heavy (non-hydrogen) atoms. The van der Waals surface area contributed by atoms with Crippen molar-refractivity contribution in [2.75, 3.05) is 57.1 Å². The van der Waals surface area contributed by atoms with E-state index in [0.717, 1.165) is 25.9 Å². The minimum atomic E-state index is -0.0410. The molecule has 0 radical (unpaired) electrons. The summed E-state index contributed by atoms with van der Waals surface area (Å²) < 4.78 is 6.90. The second kappa shape index (κ2) is 8.75. The van der Waals surface area contributed by atoms with Gasteiger partial charge in [-0.2, -0.15) is 14.8 Å². The smallest absolute Gasteiger partial charge is 0.249 e. The molecule has 2 N–H and O–H groups in total. The number of aromatic nitrogens is 6. The number of nitrogens with zero attached hydrogens (tertiary/aromatic N) is 8. The van der Waals surface area contributed by atoms with Crippen molar-refractivity contribution in [3.8, 4) is 11.3 Å². The predicted octanol–water partition coefficient (Wildman–Crippen LogP) is 1.07. The summed E-state index contributed by atoms with van der Waals surface area (Å²) in [5.74, 6) is 1.06. The first-order chi connectivity index (χ1) is 15.6. The van der Waals surface area contributed by atoms with Gasteiger partial charge >= 0.3 is 0 Å². The predicted molar refractivity (Wildman–Crippen MR) is 119 cm³/mol. The number of likely N-dealkylation sites (tertiary alicyclic amines) is 1. The van der Waals surface area contributed by atoms with Crippen molar-refractivity contribution in [3.63, 3.8) is 0 Å². The van der Waals surface area contributed by atoms with Crippen LogP contribution < -0.4 is 10.6 Å². The van der Waals surface area contributed by atoms with Gasteiger partial charge in [0.15, 0.2) is 5.65 Å². The molecule has 0 spiro atoms. The van der Waals surface area contributed by atoms with Crippen molar-refractivity contribution in [3.05, 3.63) is 18.6 Å². The fourth-order valence-electron chi connectivity index (χ4n) is 4.26. The Labute approximate surface area is 185 Å². The van der Waals surface area contributed by atoms with E-state index in [1.165, 1.54) is 4.68 Å². The van der Waals surface area contributed by atoms with Gasteiger partial charge in [-0.3, -0.25) is 4.79 Å². The molecule has 2 aliphatic rings. The fourth-order valence-corrected chi connectivity index (χ4v) is 4.26. The maximum Gasteiger partial charge on any atom is 0.249 e. The summed E-state index contributed by atoms with van der Waals surface area (Å²) in [4.78, 5) is 35.3. The van der Waals surface area contributed by atoms with Gasteiger partial charge in [0.1, 0.15) is 0 Å². The highest BCUT2D eigenvalue weighted by molar-refractivity contribution is 5.96. The molecule has 11 nitrogen and oxygen atoms in total. The van der Waals surface area contributed by atoms with Crippen LogP contribution in [-0.2, 0) is 4.74 Å². The van der Waals surface area contributed by atoms with E-state index in [1.54, 1.807) is 18.6 Å². The van der Waals surface area contributed by atoms with Gasteiger partial charge in [0.2, 0.25) is 17.8 Å². The minimum absolute atomic E-state index is 0.0410. The number of rotatable bonds is 4. The summed E-state index contributed by atoms with van der Waals surface area (Å²) in [5.41, 5.74) is 7.50. The topological polar surface area (TPSA) is 128 Å². The van der Waals surface area contributed by atoms with Gasteiger partial charge < -0.3 is 20.3 Å². The molecule has 3 aromatic rings. The molecule has 0 aliphatic carbocycles. The second-order valence-corrected chi connectivity index (χ2v) is 8.44. The molecule has 168 valence electrons. The third kappa shape index (κ3) is 4.13. The summed E-state index contributed by atoms with van der Waals surface area (Å²) in [5, 5.41) is 5.10. The van der Waals surface area contributed by atoms with Gasteiger partial charge in [0, 0.05) is 37.5 Å². The number of fused-ring (bicyclic) bond motifs is 1. The first-order valence-electron chi connectivity index (χ1n) is 11.0. The number of anilines is 2. The van der Waals surface area contributed by atoms with Crippen molar-refractivity contribution in [1.29, 1.82) is 0 Å². The van der Waals surface area contributed by atoms with E-state index < -0.39 is 0 Å². The third-order valence-electron chi connectivity index (χ3n) is 6.19. The lowest BCUT2D eigenvalue weighted by atomic mass is 9.93. The van der Waals surface area contributed by atoms with E-state index in [2.05, 4.69) is 31.9 Å². The van der Waals surface area contributed by atoms with Gasteiger partial charge in [0.25, 0.3) is 0 Å². The molecule has 2 saturated heterocycles. The van der Waals surface area contributed by atoms with Gasteiger partial charge in [-0.15, -0.1) is 0 Å². The molecule has 0 atom stereocenters. The molecular formula is C21H27N9O2. The van der Waals surface area contributed by atoms with Gasteiger partial charge in [-0.05, 0) is 38.9 Å². The van der Waals surface area contributed by atoms with Crippen LogP contribution in [0.15, 0.2) is 18.6 Å². The quantitative estimate of drug-likeness (QED) is 0.633. The van der Waals surface area contributed by atoms with Crippen molar-refractivity contribution in [2.24, 2.45) is 5.92 Å². The second-order valence-electron chi connectivity index (χ2n) is 8.44. The Balaban J connectivity index is 1.53. The monoisotopic (exact) mass is 437 g/mol. The lowest BCUT2D eigenvalue weighted by molar-refractivity contribution is 0.0843. The van der Waals surface area contributed by atoms with E-state index in [4.69, 9.17) is 20.4 Å². The number of morpholine rings is 1. The van der Waals surface area contributed by atoms with Crippen LogP contribution in [0.2, 0.25) is 0 Å². The van der Waals surface area contributed by atoms with Crippen LogP contribution in [0.5, 0.6) is 0 Å². The average molecular weight is 438 g/mol. The molecule has 3 aromatic heterocycles. The lowest BCUT2D eigenvalue weighted by Crippen LogP contribution is -2.37. The molecule has 0 unspecified atom stereocenters. The number of hydrogen-bond acceptors (Lipinski definition) is 10. The Morgan fingerprint density at radius 3 is 2.53 bits per heavy atom. The Hall–Kier alpha value is -3.18. The summed E-state index contributed by atoms with van der Waals surface area (Å²) in [6.45, 7) is 4.61. The van der Waals surface area contributed by atoms with E-state index >= 15 is 0 Å². The normalized spacial score (nSPS) is 18.3. The molecular weight excluding hydrogens is 410 g/mol. The zero-order valence-corrected chi connectivity index (χ0v) is 18.1. The Bertz CT molecular complexity index is 1100. The fraction of sp³-hybridized carbons (Fsp3) is 0.524. The van der Waals surface area contributed by atoms with Crippen molar-refractivity contribution < 1.29 is 9.53 Å². The molecule has 2 aliphatic heterocycles. The standard InChI is InChI=1S/C21H27N9O2/c1-28-4-2-14(3-5-28)10-17(31)30-19-16(13-25-30)18(15-11-23-20(22)24-12-15)26-21(27-19)29-6-8-32-9-7-29/h11-14H,2-10H2,1H3,(H2,22,23,24). The highest BCUT2D eigenvalue weighted by atomic mass is 16.5. The van der Waals surface area contributed by atoms with E-state index in [-0.39, 0.29) is 11.9 Å². The van der Waals surface area contributed by atoms with E-state index in [9.17, 15) is 4.79 Å². The van der Waals surface area contributed by atoms with Crippen LogP contribution in [0, 0.1) is 5.92 Å². The van der Waals surface area contributed by atoms with Crippen LogP contribution >= 0.6 is 0 Å². The zero-order valence-electron chi connectivity index (χ0n) is 18.1. The van der Waals surface area contributed by atoms with Crippen LogP contribution in [0.25, 0.3) is 22.3 Å². The highest BCUT2D eigenvalue weighted by Gasteiger charge is 2.25. The lowest BCUT2D eigenvalue weighted by Gasteiger charge is -2.28. The maximum atomic E-state index is 13.2. The molecule has 5 rings (SSSR count). The van der Waals surface area contributed by atoms with Crippen molar-refractivity contribution in [2.45, 2.75) is 19.3 Å². The van der Waals surface area contributed by atoms with Crippen molar-refractivity contribution in [1.82, 2.24) is 34.6 Å². The van der Waals surface area contributed by atoms with Crippen LogP contribution in [-0.4, -0.2) is 87.0 Å². The zero-order chi connectivity index (χ0) is 22.1. The third-order valence-corrected chi connectivity index (χ3v) is 6.19. The molecule has 5 heterocycles. The summed E-state index contributed by atoms with van der Waals surface area (Å²) in [6.07, 6.45) is 7.40. The van der Waals surface area contributed by atoms with E-state index in [0.29, 0.717) is 66.9 Å². The van der Waals surface area contributed by atoms with E-state index in [1.807, 2.05) is 0 Å². The number of hydrogen-bond donors (Lipinski definition) is 1. The largest absolute Gasteiger partial charge is 0.378 e. The molecule has 0 bridgehead atoms. The Morgan fingerprint density at radius 2 is 1.81 bits per heavy atom. The maximum absolute atomic E-state index is 13.2. The van der Waals surface area contributed by atoms with Crippen LogP contribution in [0.4, 0.5) is 11.9 Å². The van der Waals surface area contributed by atoms with Gasteiger partial charge in [-0.1, -0.05) is 0 Å². The minimum Gasteiger partial charge on any atom is -0.378 e. The molecule has 2 fully saturated rings. The summed E-state index contributed by atoms with van der Waals surface area (Å²) in [6, 6.07) is 0. The SMILES string of the molecule is CN1CCC(CC(=O)n2ncc3c(-c4cnc(N)nc4)nc(N4CCOCC4)nc32)CC1. The summed E-state index contributed by atoms with van der Waals surface area (Å²) in [7, 11) is 2.12. The average Bonchev–Trinajstić information content (AvgIpc) is 3.25. The first kappa shape index (κ1) is 20.7. The Morgan fingerprint density at radius 1 is 1.09 bits per heavy atom. The van der Waals surface area contributed by atoms with Crippen molar-refractivity contribution >= 4 is 28.8 Å². The number of piperidine rings is 1. The number of carbonyl (C=O) groups excluding carboxylic acids is 1. The Kier molecular flexibility index (Phi) is 5.66. The first-order valence-corrected chi connectivity index (χ1v) is 11.0. The van der Waals surface area contributed by atoms with Crippen LogP contribution in [0.1, 0.15) is 24.1 Å². The number of carbonyl (C=O) groups is 1. The molecule has 0 aromatic carbocycles. The number of ether oxygens (including phenoxy) is 1. The molecule has 0 saturated carbocycles. The molecule has 11 heteroatoms. The van der Waals surface area contributed by atoms with Gasteiger partial charge in [-0.25, -0.2) is 15.0 Å².